The van der Waals surface area contributed by atoms with E-state index in [0.29, 0.717) is 43.0 Å². The first-order chi connectivity index (χ1) is 12.2. The Labute approximate surface area is 171 Å². The molecule has 1 aromatic heterocycles. The second-order valence-electron chi connectivity index (χ2n) is 5.15. The second kappa shape index (κ2) is 11.4. The van der Waals surface area contributed by atoms with Gasteiger partial charge < -0.3 is 25.3 Å². The molecule has 3 N–H and O–H groups in total. The average molecular weight is 472 g/mol. The number of rotatable bonds is 8. The van der Waals surface area contributed by atoms with Crippen LogP contribution in [0, 0.1) is 0 Å². The predicted molar refractivity (Wildman–Crippen MR) is 113 cm³/mol. The monoisotopic (exact) mass is 472 g/mol. The van der Waals surface area contributed by atoms with E-state index in [2.05, 4.69) is 15.3 Å². The van der Waals surface area contributed by atoms with Gasteiger partial charge in [0, 0.05) is 18.3 Å². The highest BCUT2D eigenvalue weighted by molar-refractivity contribution is 14.0. The number of pyridine rings is 1. The number of methoxy groups -OCH3 is 2. The van der Waals surface area contributed by atoms with Gasteiger partial charge in [0.15, 0.2) is 17.5 Å². The van der Waals surface area contributed by atoms with Crippen LogP contribution in [0.3, 0.4) is 0 Å². The maximum absolute atomic E-state index is 5.94. The summed E-state index contributed by atoms with van der Waals surface area (Å²) in [5, 5.41) is 3.07. The van der Waals surface area contributed by atoms with Gasteiger partial charge in [0.1, 0.15) is 0 Å². The number of ether oxygens (including phenoxy) is 3. The van der Waals surface area contributed by atoms with Crippen molar-refractivity contribution < 1.29 is 14.2 Å². The highest BCUT2D eigenvalue weighted by Gasteiger charge is 2.06. The number of halogens is 1. The van der Waals surface area contributed by atoms with E-state index in [1.165, 1.54) is 0 Å². The first-order valence-corrected chi connectivity index (χ1v) is 7.99. The van der Waals surface area contributed by atoms with Crippen LogP contribution in [-0.4, -0.2) is 31.8 Å². The van der Waals surface area contributed by atoms with E-state index >= 15 is 0 Å². The minimum atomic E-state index is 0. The summed E-state index contributed by atoms with van der Waals surface area (Å²) in [5.41, 5.74) is 7.84. The molecule has 0 bridgehead atoms. The molecule has 0 unspecified atom stereocenters. The standard InChI is InChI=1S/C18H24N4O3.HI/c1-4-25-17-14(6-5-9-20-17)12-22-18(19)21-11-13-7-8-15(23-2)16(10-13)24-3;/h5-10H,4,11-12H2,1-3H3,(H3,19,21,22);1H. The van der Waals surface area contributed by atoms with Crippen molar-refractivity contribution in [1.82, 2.24) is 10.3 Å². The summed E-state index contributed by atoms with van der Waals surface area (Å²) in [6.07, 6.45) is 1.70. The molecule has 0 atom stereocenters. The van der Waals surface area contributed by atoms with Crippen molar-refractivity contribution in [2.45, 2.75) is 20.0 Å². The number of guanidine groups is 1. The Bertz CT molecular complexity index is 725. The molecule has 0 radical (unpaired) electrons. The summed E-state index contributed by atoms with van der Waals surface area (Å²) < 4.78 is 16.0. The molecule has 2 aromatic rings. The molecular formula is C18H25IN4O3. The van der Waals surface area contributed by atoms with Gasteiger partial charge in [-0.3, -0.25) is 0 Å². The molecule has 26 heavy (non-hydrogen) atoms. The van der Waals surface area contributed by atoms with Gasteiger partial charge in [0.25, 0.3) is 0 Å². The molecule has 1 heterocycles. The molecular weight excluding hydrogens is 447 g/mol. The van der Waals surface area contributed by atoms with E-state index in [9.17, 15) is 0 Å². The smallest absolute Gasteiger partial charge is 0.218 e. The Balaban J connectivity index is 0.00000338. The number of hydrogen-bond acceptors (Lipinski definition) is 5. The topological polar surface area (TPSA) is 91.0 Å². The molecule has 0 aliphatic carbocycles. The van der Waals surface area contributed by atoms with Crippen LogP contribution < -0.4 is 25.3 Å². The van der Waals surface area contributed by atoms with E-state index in [-0.39, 0.29) is 24.0 Å². The Morgan fingerprint density at radius 1 is 1.19 bits per heavy atom. The maximum Gasteiger partial charge on any atom is 0.218 e. The number of benzene rings is 1. The van der Waals surface area contributed by atoms with Crippen molar-refractivity contribution in [2.75, 3.05) is 20.8 Å². The van der Waals surface area contributed by atoms with Gasteiger partial charge in [-0.25, -0.2) is 9.98 Å². The third-order valence-corrected chi connectivity index (χ3v) is 3.47. The Kier molecular flexibility index (Phi) is 9.56. The lowest BCUT2D eigenvalue weighted by atomic mass is 10.2. The second-order valence-corrected chi connectivity index (χ2v) is 5.15. The summed E-state index contributed by atoms with van der Waals surface area (Å²) in [5.74, 6) is 2.30. The van der Waals surface area contributed by atoms with Crippen molar-refractivity contribution in [3.63, 3.8) is 0 Å². The lowest BCUT2D eigenvalue weighted by molar-refractivity contribution is 0.322. The van der Waals surface area contributed by atoms with Crippen molar-refractivity contribution in [3.8, 4) is 17.4 Å². The van der Waals surface area contributed by atoms with Gasteiger partial charge in [-0.1, -0.05) is 12.1 Å². The van der Waals surface area contributed by atoms with E-state index in [4.69, 9.17) is 19.9 Å². The third-order valence-electron chi connectivity index (χ3n) is 3.47. The van der Waals surface area contributed by atoms with Crippen molar-refractivity contribution >= 4 is 29.9 Å². The normalized spacial score (nSPS) is 10.7. The predicted octanol–water partition coefficient (Wildman–Crippen LogP) is 2.72. The fraction of sp³-hybridized carbons (Fsp3) is 0.333. The van der Waals surface area contributed by atoms with Crippen LogP contribution in [0.25, 0.3) is 0 Å². The van der Waals surface area contributed by atoms with Gasteiger partial charge in [0.05, 0.1) is 27.4 Å². The summed E-state index contributed by atoms with van der Waals surface area (Å²) in [7, 11) is 3.21. The molecule has 0 amide bonds. The molecule has 2 rings (SSSR count). The van der Waals surface area contributed by atoms with E-state index in [1.54, 1.807) is 20.4 Å². The van der Waals surface area contributed by atoms with Gasteiger partial charge in [-0.2, -0.15) is 0 Å². The molecule has 0 fully saturated rings. The number of nitrogens with two attached hydrogens (primary N) is 1. The first kappa shape index (κ1) is 21.8. The molecule has 142 valence electrons. The first-order valence-electron chi connectivity index (χ1n) is 7.99. The Hall–Kier alpha value is -2.23. The van der Waals surface area contributed by atoms with Crippen LogP contribution in [0.5, 0.6) is 17.4 Å². The van der Waals surface area contributed by atoms with Crippen LogP contribution >= 0.6 is 24.0 Å². The number of aliphatic imine (C=N–C) groups is 1. The van der Waals surface area contributed by atoms with E-state index < -0.39 is 0 Å². The molecule has 0 saturated carbocycles. The average Bonchev–Trinajstić information content (AvgIpc) is 2.65. The molecule has 1 aromatic carbocycles. The zero-order valence-electron chi connectivity index (χ0n) is 15.2. The highest BCUT2D eigenvalue weighted by Crippen LogP contribution is 2.27. The molecule has 0 saturated heterocycles. The number of aromatic nitrogens is 1. The summed E-state index contributed by atoms with van der Waals surface area (Å²) >= 11 is 0. The zero-order chi connectivity index (χ0) is 18.1. The zero-order valence-corrected chi connectivity index (χ0v) is 17.5. The number of nitrogens with one attached hydrogen (secondary N) is 1. The SMILES string of the molecule is CCOc1ncccc1CNC(N)=NCc1ccc(OC)c(OC)c1.I. The van der Waals surface area contributed by atoms with Gasteiger partial charge in [-0.05, 0) is 30.7 Å². The van der Waals surface area contributed by atoms with Crippen LogP contribution in [0.1, 0.15) is 18.1 Å². The van der Waals surface area contributed by atoms with Crippen LogP contribution in [0.4, 0.5) is 0 Å². The minimum absolute atomic E-state index is 0. The van der Waals surface area contributed by atoms with Crippen LogP contribution in [-0.2, 0) is 13.1 Å². The van der Waals surface area contributed by atoms with Crippen molar-refractivity contribution in [2.24, 2.45) is 10.7 Å². The fourth-order valence-electron chi connectivity index (χ4n) is 2.22. The Morgan fingerprint density at radius 3 is 2.65 bits per heavy atom. The van der Waals surface area contributed by atoms with Gasteiger partial charge in [-0.15, -0.1) is 24.0 Å². The molecule has 7 nitrogen and oxygen atoms in total. The molecule has 0 aliphatic heterocycles. The van der Waals surface area contributed by atoms with Gasteiger partial charge >= 0.3 is 0 Å². The Morgan fingerprint density at radius 2 is 1.96 bits per heavy atom. The lowest BCUT2D eigenvalue weighted by Gasteiger charge is -2.11. The summed E-state index contributed by atoms with van der Waals surface area (Å²) in [6, 6.07) is 9.44. The van der Waals surface area contributed by atoms with Crippen molar-refractivity contribution in [1.29, 1.82) is 0 Å². The summed E-state index contributed by atoms with van der Waals surface area (Å²) in [6.45, 7) is 3.41. The van der Waals surface area contributed by atoms with Crippen LogP contribution in [0.15, 0.2) is 41.5 Å². The quantitative estimate of drug-likeness (QED) is 0.349. The molecule has 0 aliphatic rings. The van der Waals surface area contributed by atoms with Crippen molar-refractivity contribution in [3.05, 3.63) is 47.7 Å². The highest BCUT2D eigenvalue weighted by atomic mass is 127. The molecule has 0 spiro atoms. The van der Waals surface area contributed by atoms with E-state index in [0.717, 1.165) is 11.1 Å². The van der Waals surface area contributed by atoms with E-state index in [1.807, 2.05) is 37.3 Å². The number of hydrogen-bond donors (Lipinski definition) is 2. The maximum atomic E-state index is 5.94. The largest absolute Gasteiger partial charge is 0.493 e. The lowest BCUT2D eigenvalue weighted by Crippen LogP contribution is -2.31. The fourth-order valence-corrected chi connectivity index (χ4v) is 2.22. The van der Waals surface area contributed by atoms with Gasteiger partial charge in [0.2, 0.25) is 5.88 Å². The third kappa shape index (κ3) is 6.25. The number of nitrogens with zero attached hydrogens (tertiary/aromatic N) is 2. The molecule has 8 heteroatoms. The summed E-state index contributed by atoms with van der Waals surface area (Å²) in [4.78, 5) is 8.55. The van der Waals surface area contributed by atoms with Crippen LogP contribution in [0.2, 0.25) is 0 Å². The minimum Gasteiger partial charge on any atom is -0.493 e.